The van der Waals surface area contributed by atoms with E-state index in [4.69, 9.17) is 0 Å². The van der Waals surface area contributed by atoms with Crippen LogP contribution in [0.2, 0.25) is 0 Å². The van der Waals surface area contributed by atoms with Crippen LogP contribution in [0.25, 0.3) is 21.5 Å². The molecule has 0 aliphatic rings. The number of hydrogen-bond donors (Lipinski definition) is 0. The second-order valence-corrected chi connectivity index (χ2v) is 4.69. The molecule has 0 aliphatic carbocycles. The normalized spacial score (nSPS) is 9.52. The van der Waals surface area contributed by atoms with Crippen LogP contribution in [-0.2, 0) is 0 Å². The molecule has 0 aliphatic heterocycles. The average Bonchev–Trinajstić information content (AvgIpc) is 2.56. The van der Waals surface area contributed by atoms with E-state index in [1.54, 1.807) is 0 Å². The van der Waals surface area contributed by atoms with Gasteiger partial charge in [-0.05, 0) is 21.5 Å². The van der Waals surface area contributed by atoms with Gasteiger partial charge in [0, 0.05) is 0 Å². The van der Waals surface area contributed by atoms with E-state index in [2.05, 4.69) is 97.1 Å². The smallest absolute Gasteiger partial charge is 1.00 e. The third-order valence-corrected chi connectivity index (χ3v) is 3.32. The summed E-state index contributed by atoms with van der Waals surface area (Å²) in [6.07, 6.45) is 0. The molecule has 0 atom stereocenters. The summed E-state index contributed by atoms with van der Waals surface area (Å²) in [5, 5.41) is 5.24. The van der Waals surface area contributed by atoms with E-state index in [9.17, 15) is 0 Å². The Labute approximate surface area is 144 Å². The van der Waals surface area contributed by atoms with Gasteiger partial charge in [-0.1, -0.05) is 97.1 Å². The Bertz CT molecular complexity index is 629. The minimum absolute atomic E-state index is 0. The van der Waals surface area contributed by atoms with Gasteiger partial charge in [-0.3, -0.25) is 0 Å². The summed E-state index contributed by atoms with van der Waals surface area (Å²) in [5.74, 6) is 0. The van der Waals surface area contributed by atoms with Crippen molar-refractivity contribution >= 4 is 44.6 Å². The van der Waals surface area contributed by atoms with Crippen molar-refractivity contribution in [1.82, 2.24) is 0 Å². The van der Waals surface area contributed by atoms with E-state index >= 15 is 0 Å². The molecule has 0 saturated heterocycles. The summed E-state index contributed by atoms with van der Waals surface area (Å²) < 4.78 is 0. The summed E-state index contributed by atoms with van der Waals surface area (Å²) >= 11 is 0. The molecule has 0 N–H and O–H groups in total. The molecule has 0 bridgehead atoms. The van der Waals surface area contributed by atoms with Crippen LogP contribution in [0.5, 0.6) is 0 Å². The van der Waals surface area contributed by atoms with Crippen LogP contribution in [0.4, 0.5) is 0 Å². The molecule has 0 unspecified atom stereocenters. The SMILES string of the molecule is [H-].[H-].[Mg+2].c1ccc2ccccc2c1.c1ccc2ccccc2c1. The Balaban J connectivity index is 0.000000372. The predicted octanol–water partition coefficient (Wildman–Crippen LogP) is 5.52. The molecule has 0 saturated carbocycles. The van der Waals surface area contributed by atoms with E-state index in [1.807, 2.05) is 0 Å². The fourth-order valence-electron chi connectivity index (χ4n) is 2.27. The third kappa shape index (κ3) is 4.07. The minimum atomic E-state index is 0. The molecule has 0 spiro atoms. The van der Waals surface area contributed by atoms with Crippen LogP contribution >= 0.6 is 0 Å². The second kappa shape index (κ2) is 7.82. The Morgan fingerprint density at radius 3 is 0.619 bits per heavy atom. The molecule has 0 amide bonds. The molecule has 4 aromatic carbocycles. The van der Waals surface area contributed by atoms with E-state index in [0.717, 1.165) is 0 Å². The summed E-state index contributed by atoms with van der Waals surface area (Å²) in [7, 11) is 0. The van der Waals surface area contributed by atoms with Gasteiger partial charge in [-0.2, -0.15) is 0 Å². The Hall–Kier alpha value is -1.83. The summed E-state index contributed by atoms with van der Waals surface area (Å²) in [4.78, 5) is 0. The molecule has 0 nitrogen and oxygen atoms in total. The van der Waals surface area contributed by atoms with E-state index in [-0.39, 0.29) is 25.9 Å². The molecule has 0 aromatic heterocycles. The van der Waals surface area contributed by atoms with Gasteiger partial charge in [0.2, 0.25) is 0 Å². The largest absolute Gasteiger partial charge is 2.00 e. The molecule has 4 rings (SSSR count). The Kier molecular flexibility index (Phi) is 5.79. The zero-order valence-corrected chi connectivity index (χ0v) is 13.4. The van der Waals surface area contributed by atoms with E-state index in [0.29, 0.717) is 0 Å². The van der Waals surface area contributed by atoms with Gasteiger partial charge in [0.1, 0.15) is 0 Å². The van der Waals surface area contributed by atoms with E-state index < -0.39 is 0 Å². The van der Waals surface area contributed by atoms with E-state index in [1.165, 1.54) is 21.5 Å². The Morgan fingerprint density at radius 2 is 0.476 bits per heavy atom. The van der Waals surface area contributed by atoms with Crippen molar-refractivity contribution in [3.63, 3.8) is 0 Å². The minimum Gasteiger partial charge on any atom is -1.00 e. The molecule has 0 radical (unpaired) electrons. The first-order valence-corrected chi connectivity index (χ1v) is 6.81. The maximum atomic E-state index is 2.12. The molecule has 0 heterocycles. The van der Waals surface area contributed by atoms with Crippen molar-refractivity contribution in [2.45, 2.75) is 0 Å². The van der Waals surface area contributed by atoms with Crippen molar-refractivity contribution in [3.8, 4) is 0 Å². The predicted molar refractivity (Wildman–Crippen MR) is 95.9 cm³/mol. The van der Waals surface area contributed by atoms with Gasteiger partial charge < -0.3 is 2.85 Å². The fraction of sp³-hybridized carbons (Fsp3) is 0. The standard InChI is InChI=1S/2C10H8.Mg.2H/c2*1-2-6-10-8-4-3-7-9(10)5-1;;;/h2*1-8H;;;/q;;+2;2*-1. The third-order valence-electron chi connectivity index (χ3n) is 3.32. The van der Waals surface area contributed by atoms with Crippen molar-refractivity contribution in [2.75, 3.05) is 0 Å². The number of rotatable bonds is 0. The molecule has 0 fully saturated rings. The monoisotopic (exact) mass is 282 g/mol. The van der Waals surface area contributed by atoms with Gasteiger partial charge >= 0.3 is 23.1 Å². The number of benzene rings is 4. The maximum Gasteiger partial charge on any atom is 2.00 e. The average molecular weight is 283 g/mol. The quantitative estimate of drug-likeness (QED) is 0.372. The topological polar surface area (TPSA) is 0 Å². The van der Waals surface area contributed by atoms with Gasteiger partial charge in [-0.15, -0.1) is 0 Å². The maximum absolute atomic E-state index is 2.12. The summed E-state index contributed by atoms with van der Waals surface area (Å²) in [6.45, 7) is 0. The first-order chi connectivity index (χ1) is 9.93. The number of fused-ring (bicyclic) bond motifs is 2. The summed E-state index contributed by atoms with van der Waals surface area (Å²) in [6, 6.07) is 33.4. The van der Waals surface area contributed by atoms with Crippen molar-refractivity contribution in [2.24, 2.45) is 0 Å². The zero-order chi connectivity index (χ0) is 13.6. The van der Waals surface area contributed by atoms with Crippen molar-refractivity contribution in [1.29, 1.82) is 0 Å². The first-order valence-electron chi connectivity index (χ1n) is 6.81. The fourth-order valence-corrected chi connectivity index (χ4v) is 2.27. The van der Waals surface area contributed by atoms with Gasteiger partial charge in [0.15, 0.2) is 0 Å². The van der Waals surface area contributed by atoms with Crippen LogP contribution in [0, 0.1) is 0 Å². The first kappa shape index (κ1) is 15.6. The molecule has 4 aromatic rings. The zero-order valence-electron chi connectivity index (χ0n) is 13.9. The van der Waals surface area contributed by atoms with Crippen molar-refractivity contribution in [3.05, 3.63) is 97.1 Å². The van der Waals surface area contributed by atoms with Gasteiger partial charge in [0.05, 0.1) is 0 Å². The summed E-state index contributed by atoms with van der Waals surface area (Å²) in [5.41, 5.74) is 0. The molecule has 100 valence electrons. The van der Waals surface area contributed by atoms with Crippen LogP contribution in [0.1, 0.15) is 2.85 Å². The van der Waals surface area contributed by atoms with Crippen LogP contribution < -0.4 is 0 Å². The molecular formula is C20H18Mg. The molecule has 1 heteroatoms. The van der Waals surface area contributed by atoms with Crippen molar-refractivity contribution < 1.29 is 2.85 Å². The van der Waals surface area contributed by atoms with Gasteiger partial charge in [0.25, 0.3) is 0 Å². The van der Waals surface area contributed by atoms with Crippen LogP contribution in [-0.4, -0.2) is 23.1 Å². The number of hydrogen-bond acceptors (Lipinski definition) is 0. The van der Waals surface area contributed by atoms with Crippen LogP contribution in [0.15, 0.2) is 97.1 Å². The molecule has 21 heavy (non-hydrogen) atoms. The van der Waals surface area contributed by atoms with Crippen LogP contribution in [0.3, 0.4) is 0 Å². The molecular weight excluding hydrogens is 265 g/mol. The second-order valence-electron chi connectivity index (χ2n) is 4.69. The van der Waals surface area contributed by atoms with Gasteiger partial charge in [-0.25, -0.2) is 0 Å². The Morgan fingerprint density at radius 1 is 0.333 bits per heavy atom.